The van der Waals surface area contributed by atoms with Crippen molar-refractivity contribution in [3.63, 3.8) is 0 Å². The number of hydrogen-bond acceptors (Lipinski definition) is 4. The third-order valence-corrected chi connectivity index (χ3v) is 3.52. The van der Waals surface area contributed by atoms with Crippen molar-refractivity contribution in [2.24, 2.45) is 11.8 Å². The molecule has 14 heavy (non-hydrogen) atoms. The summed E-state index contributed by atoms with van der Waals surface area (Å²) in [5, 5.41) is 8.90. The molecule has 4 atom stereocenters. The van der Waals surface area contributed by atoms with Crippen LogP contribution in [0.5, 0.6) is 0 Å². The third kappa shape index (κ3) is 0.773. The Morgan fingerprint density at radius 2 is 1.71 bits per heavy atom. The zero-order valence-electron chi connectivity index (χ0n) is 7.55. The van der Waals surface area contributed by atoms with Crippen LogP contribution in [0, 0.1) is 11.8 Å². The molecule has 0 saturated carbocycles. The highest BCUT2D eigenvalue weighted by Gasteiger charge is 2.62. The summed E-state index contributed by atoms with van der Waals surface area (Å²) in [6.45, 7) is -0.496. The van der Waals surface area contributed by atoms with E-state index >= 15 is 0 Å². The lowest BCUT2D eigenvalue weighted by Gasteiger charge is -2.15. The molecule has 0 aromatic heterocycles. The Kier molecular flexibility index (Phi) is 1.52. The maximum atomic E-state index is 11.7. The first-order valence-corrected chi connectivity index (χ1v) is 4.85. The summed E-state index contributed by atoms with van der Waals surface area (Å²) in [4.78, 5) is 24.3. The number of hydrogen-bond donors (Lipinski definition) is 1. The largest absolute Gasteiger partial charge is 0.376 e. The average Bonchev–Trinajstić information content (AvgIpc) is 2.80. The quantitative estimate of drug-likeness (QED) is 0.553. The monoisotopic (exact) mass is 197 g/mol. The van der Waals surface area contributed by atoms with Crippen molar-refractivity contribution >= 4 is 11.8 Å². The molecule has 5 nitrogen and oxygen atoms in total. The van der Waals surface area contributed by atoms with Crippen LogP contribution < -0.4 is 0 Å². The topological polar surface area (TPSA) is 66.8 Å². The number of rotatable bonds is 1. The summed E-state index contributed by atoms with van der Waals surface area (Å²) in [6, 6.07) is 0. The van der Waals surface area contributed by atoms with Crippen molar-refractivity contribution in [2.45, 2.75) is 25.0 Å². The molecule has 76 valence electrons. The number of likely N-dealkylation sites (tertiary alicyclic amines) is 1. The second-order valence-electron chi connectivity index (χ2n) is 4.09. The minimum atomic E-state index is -0.496. The van der Waals surface area contributed by atoms with Crippen molar-refractivity contribution in [3.05, 3.63) is 0 Å². The summed E-state index contributed by atoms with van der Waals surface area (Å²) in [5.74, 6) is -1.13. The van der Waals surface area contributed by atoms with Crippen molar-refractivity contribution in [1.29, 1.82) is 0 Å². The van der Waals surface area contributed by atoms with Crippen LogP contribution in [-0.4, -0.2) is 40.8 Å². The smallest absolute Gasteiger partial charge is 0.237 e. The molecule has 3 fully saturated rings. The van der Waals surface area contributed by atoms with E-state index in [0.29, 0.717) is 0 Å². The molecule has 1 N–H and O–H groups in total. The lowest BCUT2D eigenvalue weighted by molar-refractivity contribution is -0.146. The van der Waals surface area contributed by atoms with Crippen LogP contribution in [0.1, 0.15) is 12.8 Å². The third-order valence-electron chi connectivity index (χ3n) is 3.52. The van der Waals surface area contributed by atoms with Gasteiger partial charge in [-0.25, -0.2) is 0 Å². The van der Waals surface area contributed by atoms with Gasteiger partial charge in [0.05, 0.1) is 24.0 Å². The lowest BCUT2D eigenvalue weighted by Crippen LogP contribution is -2.34. The van der Waals surface area contributed by atoms with Gasteiger partial charge in [-0.3, -0.25) is 14.5 Å². The Labute approximate surface area is 80.6 Å². The Balaban J connectivity index is 1.98. The molecule has 0 aliphatic carbocycles. The number of aliphatic hydroxyl groups is 1. The van der Waals surface area contributed by atoms with E-state index in [4.69, 9.17) is 9.84 Å². The molecule has 3 rings (SSSR count). The molecule has 0 radical (unpaired) electrons. The molecule has 0 aromatic carbocycles. The maximum absolute atomic E-state index is 11.7. The Morgan fingerprint density at radius 1 is 1.21 bits per heavy atom. The van der Waals surface area contributed by atoms with Gasteiger partial charge in [0.2, 0.25) is 11.8 Å². The number of carbonyl (C=O) groups excluding carboxylic acids is 2. The van der Waals surface area contributed by atoms with E-state index in [1.54, 1.807) is 0 Å². The molecule has 0 unspecified atom stereocenters. The fourth-order valence-corrected chi connectivity index (χ4v) is 2.91. The highest BCUT2D eigenvalue weighted by atomic mass is 16.5. The fraction of sp³-hybridized carbons (Fsp3) is 0.778. The summed E-state index contributed by atoms with van der Waals surface area (Å²) in [6.07, 6.45) is 1.56. The van der Waals surface area contributed by atoms with Gasteiger partial charge in [-0.2, -0.15) is 0 Å². The van der Waals surface area contributed by atoms with Crippen molar-refractivity contribution in [2.75, 3.05) is 6.73 Å². The summed E-state index contributed by atoms with van der Waals surface area (Å²) in [7, 11) is 0. The molecule has 3 aliphatic heterocycles. The van der Waals surface area contributed by atoms with E-state index in [1.807, 2.05) is 0 Å². The number of carbonyl (C=O) groups is 2. The molecule has 2 amide bonds. The second-order valence-corrected chi connectivity index (χ2v) is 4.09. The van der Waals surface area contributed by atoms with Crippen LogP contribution in [0.15, 0.2) is 0 Å². The fourth-order valence-electron chi connectivity index (χ4n) is 2.91. The molecular formula is C9H11NO4. The van der Waals surface area contributed by atoms with Gasteiger partial charge in [-0.1, -0.05) is 0 Å². The molecule has 3 heterocycles. The van der Waals surface area contributed by atoms with E-state index in [9.17, 15) is 9.59 Å². The minimum Gasteiger partial charge on any atom is -0.376 e. The zero-order chi connectivity index (χ0) is 9.87. The van der Waals surface area contributed by atoms with Crippen LogP contribution in [0.3, 0.4) is 0 Å². The highest BCUT2D eigenvalue weighted by molar-refractivity contribution is 6.06. The minimum absolute atomic E-state index is 0.0852. The van der Waals surface area contributed by atoms with E-state index in [1.165, 1.54) is 0 Å². The average molecular weight is 197 g/mol. The molecule has 5 heteroatoms. The molecule has 3 saturated heterocycles. The predicted octanol–water partition coefficient (Wildman–Crippen LogP) is -0.901. The van der Waals surface area contributed by atoms with Gasteiger partial charge in [0.1, 0.15) is 6.73 Å². The Hall–Kier alpha value is -0.940. The van der Waals surface area contributed by atoms with Crippen LogP contribution >= 0.6 is 0 Å². The van der Waals surface area contributed by atoms with Gasteiger partial charge in [0.25, 0.3) is 0 Å². The van der Waals surface area contributed by atoms with Gasteiger partial charge < -0.3 is 9.84 Å². The molecule has 0 aromatic rings. The molecule has 3 aliphatic rings. The predicted molar refractivity (Wildman–Crippen MR) is 43.8 cm³/mol. The first kappa shape index (κ1) is 8.38. The van der Waals surface area contributed by atoms with Gasteiger partial charge in [0.15, 0.2) is 0 Å². The summed E-state index contributed by atoms with van der Waals surface area (Å²) >= 11 is 0. The van der Waals surface area contributed by atoms with Gasteiger partial charge in [0, 0.05) is 0 Å². The van der Waals surface area contributed by atoms with Crippen molar-refractivity contribution < 1.29 is 19.4 Å². The van der Waals surface area contributed by atoms with Crippen LogP contribution in [-0.2, 0) is 14.3 Å². The van der Waals surface area contributed by atoms with Gasteiger partial charge in [-0.05, 0) is 12.8 Å². The summed E-state index contributed by atoms with van der Waals surface area (Å²) < 4.78 is 5.52. The van der Waals surface area contributed by atoms with Crippen LogP contribution in [0.25, 0.3) is 0 Å². The van der Waals surface area contributed by atoms with Crippen molar-refractivity contribution in [1.82, 2.24) is 4.90 Å². The van der Waals surface area contributed by atoms with E-state index < -0.39 is 6.73 Å². The van der Waals surface area contributed by atoms with E-state index in [0.717, 1.165) is 17.7 Å². The zero-order valence-corrected chi connectivity index (χ0v) is 7.55. The highest BCUT2D eigenvalue weighted by Crippen LogP contribution is 2.48. The number of fused-ring (bicyclic) bond motifs is 5. The normalized spacial score (nSPS) is 45.1. The van der Waals surface area contributed by atoms with E-state index in [2.05, 4.69) is 0 Å². The second kappa shape index (κ2) is 2.55. The molecule has 2 bridgehead atoms. The number of aliphatic hydroxyl groups excluding tert-OH is 1. The van der Waals surface area contributed by atoms with E-state index in [-0.39, 0.29) is 35.9 Å². The molecule has 0 spiro atoms. The Bertz CT molecular complexity index is 288. The first-order chi connectivity index (χ1) is 6.74. The van der Waals surface area contributed by atoms with Crippen LogP contribution in [0.2, 0.25) is 0 Å². The lowest BCUT2D eigenvalue weighted by atomic mass is 9.81. The summed E-state index contributed by atoms with van der Waals surface area (Å²) in [5.41, 5.74) is 0. The standard InChI is InChI=1S/C9H11NO4/c11-3-10-8(12)6-4-1-2-5(14-4)7(6)9(10)13/h4-7,11H,1-3H2/t4-,5+,6-,7+. The SMILES string of the molecule is O=C1[C@@H]2[C@H](C(=O)N1CO)[C@H]1CC[C@@H]2O1. The van der Waals surface area contributed by atoms with Gasteiger partial charge in [-0.15, -0.1) is 0 Å². The Morgan fingerprint density at radius 3 is 2.14 bits per heavy atom. The van der Waals surface area contributed by atoms with Crippen molar-refractivity contribution in [3.8, 4) is 0 Å². The molecular weight excluding hydrogens is 186 g/mol. The maximum Gasteiger partial charge on any atom is 0.237 e. The number of nitrogens with zero attached hydrogens (tertiary/aromatic N) is 1. The van der Waals surface area contributed by atoms with Crippen LogP contribution in [0.4, 0.5) is 0 Å². The number of amides is 2. The number of imide groups is 1. The van der Waals surface area contributed by atoms with Gasteiger partial charge >= 0.3 is 0 Å². The number of ether oxygens (including phenoxy) is 1. The first-order valence-electron chi connectivity index (χ1n) is 4.85.